The van der Waals surface area contributed by atoms with Gasteiger partial charge >= 0.3 is 0 Å². The molecule has 1 amide bonds. The Morgan fingerprint density at radius 2 is 2.12 bits per heavy atom. The number of aromatic nitrogens is 2. The molecular weight excluding hydrogens is 462 g/mol. The Labute approximate surface area is 201 Å². The van der Waals surface area contributed by atoms with E-state index in [4.69, 9.17) is 16.0 Å². The van der Waals surface area contributed by atoms with E-state index >= 15 is 0 Å². The number of aryl methyl sites for hydroxylation is 1. The van der Waals surface area contributed by atoms with Crippen molar-refractivity contribution >= 4 is 40.6 Å². The molecule has 2 N–H and O–H groups in total. The van der Waals surface area contributed by atoms with Crippen molar-refractivity contribution in [2.45, 2.75) is 40.3 Å². The second-order valence-electron chi connectivity index (χ2n) is 9.18. The van der Waals surface area contributed by atoms with E-state index in [1.165, 1.54) is 22.3 Å². The van der Waals surface area contributed by atoms with Crippen LogP contribution in [0.3, 0.4) is 0 Å². The van der Waals surface area contributed by atoms with E-state index in [0.29, 0.717) is 53.4 Å². The van der Waals surface area contributed by atoms with Crippen LogP contribution in [0.15, 0.2) is 34.9 Å². The third-order valence-electron chi connectivity index (χ3n) is 5.43. The van der Waals surface area contributed by atoms with Crippen LogP contribution in [0.4, 0.5) is 5.82 Å². The smallest absolute Gasteiger partial charge is 0.283 e. The highest BCUT2D eigenvalue weighted by Gasteiger charge is 2.33. The average Bonchev–Trinajstić information content (AvgIpc) is 3.50. The highest BCUT2D eigenvalue weighted by molar-refractivity contribution is 7.16. The van der Waals surface area contributed by atoms with Crippen LogP contribution in [0.25, 0.3) is 0 Å². The first-order valence-corrected chi connectivity index (χ1v) is 12.0. The second-order valence-corrected chi connectivity index (χ2v) is 11.0. The number of nitrogens with zero attached hydrogens (tertiary/aromatic N) is 3. The van der Waals surface area contributed by atoms with Crippen molar-refractivity contribution in [1.29, 1.82) is 0 Å². The number of hydrogen-bond acceptors (Lipinski definition) is 7. The lowest BCUT2D eigenvalue weighted by molar-refractivity contribution is -0.140. The van der Waals surface area contributed by atoms with Crippen molar-refractivity contribution in [2.75, 3.05) is 25.0 Å². The van der Waals surface area contributed by atoms with Crippen molar-refractivity contribution < 1.29 is 14.0 Å². The fourth-order valence-corrected chi connectivity index (χ4v) is 4.79. The number of anilines is 1. The van der Waals surface area contributed by atoms with Gasteiger partial charge in [0.25, 0.3) is 5.91 Å². The fraction of sp³-hybridized carbons (Fsp3) is 0.435. The summed E-state index contributed by atoms with van der Waals surface area (Å²) in [5.41, 5.74) is 0.664. The van der Waals surface area contributed by atoms with Crippen molar-refractivity contribution in [1.82, 2.24) is 20.0 Å². The van der Waals surface area contributed by atoms with Gasteiger partial charge in [0.15, 0.2) is 0 Å². The number of halogens is 1. The van der Waals surface area contributed by atoms with E-state index in [-0.39, 0.29) is 17.9 Å². The van der Waals surface area contributed by atoms with Crippen molar-refractivity contribution in [3.8, 4) is 0 Å². The SMILES string of the molecule is Cc1cc(C(=O)n2nc(C3CN(C(=O)C(C)(C)C)CCN3)cc2NCc2ccc(Cl)s2)co1. The largest absolute Gasteiger partial charge is 0.469 e. The van der Waals surface area contributed by atoms with Gasteiger partial charge in [-0.25, -0.2) is 0 Å². The Bertz CT molecular complexity index is 1160. The molecule has 10 heteroatoms. The molecule has 1 fully saturated rings. The number of piperazine rings is 1. The molecular formula is C23H28ClN5O3S. The third-order valence-corrected chi connectivity index (χ3v) is 6.66. The van der Waals surface area contributed by atoms with Crippen LogP contribution in [0.5, 0.6) is 0 Å². The van der Waals surface area contributed by atoms with Gasteiger partial charge in [-0.05, 0) is 25.1 Å². The van der Waals surface area contributed by atoms with Crippen LogP contribution in [0, 0.1) is 12.3 Å². The summed E-state index contributed by atoms with van der Waals surface area (Å²) in [5.74, 6) is 1.03. The summed E-state index contributed by atoms with van der Waals surface area (Å²) in [6, 6.07) is 7.17. The van der Waals surface area contributed by atoms with E-state index in [1.807, 2.05) is 43.9 Å². The summed E-state index contributed by atoms with van der Waals surface area (Å²) in [7, 11) is 0. The predicted octanol–water partition coefficient (Wildman–Crippen LogP) is 4.32. The molecule has 8 nitrogen and oxygen atoms in total. The van der Waals surface area contributed by atoms with Crippen LogP contribution in [-0.4, -0.2) is 46.1 Å². The van der Waals surface area contributed by atoms with E-state index < -0.39 is 5.41 Å². The van der Waals surface area contributed by atoms with Crippen LogP contribution in [-0.2, 0) is 11.3 Å². The topological polar surface area (TPSA) is 92.4 Å². The molecule has 0 bridgehead atoms. The first kappa shape index (κ1) is 23.5. The van der Waals surface area contributed by atoms with Gasteiger partial charge in [0.05, 0.1) is 28.2 Å². The lowest BCUT2D eigenvalue weighted by Gasteiger charge is -2.36. The Balaban J connectivity index is 1.60. The molecule has 0 radical (unpaired) electrons. The minimum atomic E-state index is -0.453. The second kappa shape index (κ2) is 9.32. The van der Waals surface area contributed by atoms with Crippen molar-refractivity contribution in [3.63, 3.8) is 0 Å². The zero-order valence-corrected chi connectivity index (χ0v) is 20.7. The number of furan rings is 1. The number of nitrogens with one attached hydrogen (secondary N) is 2. The lowest BCUT2D eigenvalue weighted by atomic mass is 9.94. The third kappa shape index (κ3) is 5.31. The maximum absolute atomic E-state index is 13.2. The summed E-state index contributed by atoms with van der Waals surface area (Å²) >= 11 is 7.53. The highest BCUT2D eigenvalue weighted by Crippen LogP contribution is 2.26. The Kier molecular flexibility index (Phi) is 6.65. The summed E-state index contributed by atoms with van der Waals surface area (Å²) in [4.78, 5) is 28.9. The molecule has 0 aromatic carbocycles. The standard InChI is InChI=1S/C23H28ClN5O3S/c1-14-9-15(13-32-14)21(30)29-20(26-11-16-5-6-19(24)33-16)10-17(27-29)18-12-28(8-7-25-18)22(31)23(2,3)4/h5-6,9-10,13,18,25-26H,7-8,11-12H2,1-4H3. The molecule has 1 aliphatic heterocycles. The average molecular weight is 490 g/mol. The molecule has 176 valence electrons. The van der Waals surface area contributed by atoms with E-state index in [9.17, 15) is 9.59 Å². The molecule has 3 aromatic rings. The molecule has 1 unspecified atom stereocenters. The maximum atomic E-state index is 13.2. The Hall–Kier alpha value is -2.62. The molecule has 1 atom stereocenters. The molecule has 33 heavy (non-hydrogen) atoms. The number of amides is 1. The zero-order valence-electron chi connectivity index (χ0n) is 19.1. The van der Waals surface area contributed by atoms with Crippen molar-refractivity contribution in [3.05, 3.63) is 56.8 Å². The summed E-state index contributed by atoms with van der Waals surface area (Å²) in [6.07, 6.45) is 1.43. The quantitative estimate of drug-likeness (QED) is 0.554. The minimum absolute atomic E-state index is 0.103. The minimum Gasteiger partial charge on any atom is -0.469 e. The van der Waals surface area contributed by atoms with Crippen LogP contribution >= 0.6 is 22.9 Å². The fourth-order valence-electron chi connectivity index (χ4n) is 3.76. The molecule has 1 aliphatic rings. The molecule has 1 saturated heterocycles. The van der Waals surface area contributed by atoms with Crippen LogP contribution in [0.1, 0.15) is 53.5 Å². The summed E-state index contributed by atoms with van der Waals surface area (Å²) in [5, 5.41) is 11.4. The monoisotopic (exact) mass is 489 g/mol. The Morgan fingerprint density at radius 1 is 1.33 bits per heavy atom. The predicted molar refractivity (Wildman–Crippen MR) is 129 cm³/mol. The van der Waals surface area contributed by atoms with Gasteiger partial charge in [-0.2, -0.15) is 9.78 Å². The number of thiophene rings is 1. The normalized spacial score (nSPS) is 16.8. The maximum Gasteiger partial charge on any atom is 0.283 e. The number of rotatable bonds is 5. The van der Waals surface area contributed by atoms with Gasteiger partial charge in [0.1, 0.15) is 17.8 Å². The summed E-state index contributed by atoms with van der Waals surface area (Å²) < 4.78 is 7.39. The number of hydrogen-bond donors (Lipinski definition) is 2. The van der Waals surface area contributed by atoms with E-state index in [1.54, 1.807) is 13.0 Å². The van der Waals surface area contributed by atoms with Gasteiger partial charge in [-0.1, -0.05) is 32.4 Å². The first-order valence-electron chi connectivity index (χ1n) is 10.8. The zero-order chi connectivity index (χ0) is 23.8. The highest BCUT2D eigenvalue weighted by atomic mass is 35.5. The van der Waals surface area contributed by atoms with Gasteiger partial charge in [0, 0.05) is 36.0 Å². The summed E-state index contributed by atoms with van der Waals surface area (Å²) in [6.45, 7) is 9.86. The van der Waals surface area contributed by atoms with E-state index in [0.717, 1.165) is 4.88 Å². The first-order chi connectivity index (χ1) is 15.6. The molecule has 0 aliphatic carbocycles. The molecule has 0 saturated carbocycles. The van der Waals surface area contributed by atoms with Gasteiger partial charge in [-0.3, -0.25) is 9.59 Å². The van der Waals surface area contributed by atoms with Gasteiger partial charge in [-0.15, -0.1) is 11.3 Å². The van der Waals surface area contributed by atoms with Gasteiger partial charge in [0.2, 0.25) is 5.91 Å². The molecule has 3 aromatic heterocycles. The number of carbonyl (C=O) groups is 2. The Morgan fingerprint density at radius 3 is 2.76 bits per heavy atom. The molecule has 4 heterocycles. The van der Waals surface area contributed by atoms with Gasteiger partial charge < -0.3 is 20.0 Å². The van der Waals surface area contributed by atoms with E-state index in [2.05, 4.69) is 15.7 Å². The number of carbonyl (C=O) groups excluding carboxylic acids is 2. The lowest BCUT2D eigenvalue weighted by Crippen LogP contribution is -2.51. The van der Waals surface area contributed by atoms with Crippen LogP contribution in [0.2, 0.25) is 4.34 Å². The molecule has 4 rings (SSSR count). The van der Waals surface area contributed by atoms with Crippen molar-refractivity contribution in [2.24, 2.45) is 5.41 Å². The van der Waals surface area contributed by atoms with Crippen LogP contribution < -0.4 is 10.6 Å². The molecule has 0 spiro atoms.